The number of piperazine rings is 1. The number of hydrogen-bond acceptors (Lipinski definition) is 4. The normalized spacial score (nSPS) is 27.3. The van der Waals surface area contributed by atoms with Gasteiger partial charge in [-0.1, -0.05) is 0 Å². The summed E-state index contributed by atoms with van der Waals surface area (Å²) in [6.07, 6.45) is 5.59. The van der Waals surface area contributed by atoms with Gasteiger partial charge < -0.3 is 5.11 Å². The van der Waals surface area contributed by atoms with Crippen molar-refractivity contribution < 1.29 is 9.90 Å². The Kier molecular flexibility index (Phi) is 4.42. The molecule has 1 aromatic heterocycles. The first-order valence-corrected chi connectivity index (χ1v) is 8.47. The van der Waals surface area contributed by atoms with Crippen molar-refractivity contribution in [3.63, 3.8) is 0 Å². The summed E-state index contributed by atoms with van der Waals surface area (Å²) >= 11 is 1.72. The summed E-state index contributed by atoms with van der Waals surface area (Å²) in [6.45, 7) is 6.79. The zero-order valence-electron chi connectivity index (χ0n) is 12.4. The van der Waals surface area contributed by atoms with Crippen LogP contribution in [0.4, 0.5) is 0 Å². The summed E-state index contributed by atoms with van der Waals surface area (Å²) < 4.78 is 0. The van der Waals surface area contributed by atoms with Crippen molar-refractivity contribution in [1.82, 2.24) is 9.80 Å². The maximum absolute atomic E-state index is 10.7. The fourth-order valence-corrected chi connectivity index (χ4v) is 4.33. The minimum absolute atomic E-state index is 0.567. The van der Waals surface area contributed by atoms with Gasteiger partial charge in [-0.25, -0.2) is 4.79 Å². The lowest BCUT2D eigenvalue weighted by molar-refractivity contribution is -0.131. The fraction of sp³-hybridized carbons (Fsp3) is 0.562. The molecule has 2 saturated heterocycles. The lowest BCUT2D eigenvalue weighted by Gasteiger charge is -2.42. The molecular weight excluding hydrogens is 284 g/mol. The summed E-state index contributed by atoms with van der Waals surface area (Å²) in [6, 6.07) is 3.30. The number of carboxylic acid groups (broad SMARTS) is 1. The molecule has 114 valence electrons. The van der Waals surface area contributed by atoms with Gasteiger partial charge in [0.05, 0.1) is 0 Å². The lowest BCUT2D eigenvalue weighted by Crippen LogP contribution is -2.54. The molecular formula is C16H22N2O2S. The third kappa shape index (κ3) is 3.36. The number of thiophene rings is 1. The maximum atomic E-state index is 10.7. The van der Waals surface area contributed by atoms with Crippen LogP contribution >= 0.6 is 11.3 Å². The van der Waals surface area contributed by atoms with E-state index in [1.54, 1.807) is 17.4 Å². The molecule has 1 N–H and O–H groups in total. The lowest BCUT2D eigenvalue weighted by atomic mass is 10.1. The van der Waals surface area contributed by atoms with Gasteiger partial charge in [-0.3, -0.25) is 9.80 Å². The third-order valence-electron chi connectivity index (χ3n) is 4.60. The Morgan fingerprint density at radius 2 is 2.38 bits per heavy atom. The second kappa shape index (κ2) is 6.30. The van der Waals surface area contributed by atoms with Gasteiger partial charge in [-0.05, 0) is 49.4 Å². The van der Waals surface area contributed by atoms with Crippen LogP contribution in [-0.4, -0.2) is 52.6 Å². The minimum Gasteiger partial charge on any atom is -0.478 e. The molecule has 0 bridgehead atoms. The van der Waals surface area contributed by atoms with Gasteiger partial charge in [0.2, 0.25) is 0 Å². The van der Waals surface area contributed by atoms with E-state index in [0.29, 0.717) is 6.04 Å². The van der Waals surface area contributed by atoms with Gasteiger partial charge in [0.1, 0.15) is 0 Å². The van der Waals surface area contributed by atoms with Crippen LogP contribution < -0.4 is 0 Å². The molecule has 2 atom stereocenters. The van der Waals surface area contributed by atoms with E-state index in [1.807, 2.05) is 11.4 Å². The molecule has 0 aliphatic carbocycles. The minimum atomic E-state index is -0.889. The number of rotatable bonds is 4. The molecule has 3 heterocycles. The number of carboxylic acids is 1. The largest absolute Gasteiger partial charge is 0.478 e. The van der Waals surface area contributed by atoms with Crippen molar-refractivity contribution in [2.24, 2.45) is 0 Å². The summed E-state index contributed by atoms with van der Waals surface area (Å²) in [5.74, 6) is -0.889. The highest BCUT2D eigenvalue weighted by Crippen LogP contribution is 2.28. The third-order valence-corrected chi connectivity index (χ3v) is 5.52. The molecule has 2 unspecified atom stereocenters. The quantitative estimate of drug-likeness (QED) is 0.868. The smallest absolute Gasteiger partial charge is 0.328 e. The van der Waals surface area contributed by atoms with E-state index >= 15 is 0 Å². The zero-order valence-corrected chi connectivity index (χ0v) is 13.2. The van der Waals surface area contributed by atoms with Crippen LogP contribution in [0.3, 0.4) is 0 Å². The highest BCUT2D eigenvalue weighted by atomic mass is 32.1. The van der Waals surface area contributed by atoms with E-state index in [0.717, 1.165) is 31.2 Å². The average Bonchev–Trinajstić information content (AvgIpc) is 3.05. The van der Waals surface area contributed by atoms with Gasteiger partial charge in [0, 0.05) is 42.7 Å². The van der Waals surface area contributed by atoms with E-state index in [4.69, 9.17) is 5.11 Å². The summed E-state index contributed by atoms with van der Waals surface area (Å²) in [4.78, 5) is 17.1. The van der Waals surface area contributed by atoms with Gasteiger partial charge in [0.25, 0.3) is 0 Å². The van der Waals surface area contributed by atoms with Crippen LogP contribution in [0.5, 0.6) is 0 Å². The Labute approximate surface area is 129 Å². The Morgan fingerprint density at radius 3 is 3.19 bits per heavy atom. The SMILES string of the molecule is CC1CN2CCCC2CN1Cc1sccc1/C=C/C(=O)O. The van der Waals surface area contributed by atoms with Crippen molar-refractivity contribution in [3.8, 4) is 0 Å². The highest BCUT2D eigenvalue weighted by Gasteiger charge is 2.34. The summed E-state index contributed by atoms with van der Waals surface area (Å²) in [5, 5.41) is 10.8. The maximum Gasteiger partial charge on any atom is 0.328 e. The van der Waals surface area contributed by atoms with Crippen LogP contribution in [-0.2, 0) is 11.3 Å². The predicted molar refractivity (Wildman–Crippen MR) is 85.5 cm³/mol. The molecule has 0 saturated carbocycles. The molecule has 1 aromatic rings. The van der Waals surface area contributed by atoms with Gasteiger partial charge in [0.15, 0.2) is 0 Å². The first kappa shape index (κ1) is 14.8. The second-order valence-corrected chi connectivity index (χ2v) is 7.04. The van der Waals surface area contributed by atoms with Crippen molar-refractivity contribution >= 4 is 23.4 Å². The topological polar surface area (TPSA) is 43.8 Å². The predicted octanol–water partition coefficient (Wildman–Crippen LogP) is 2.51. The second-order valence-electron chi connectivity index (χ2n) is 6.04. The molecule has 2 aliphatic rings. The number of carbonyl (C=O) groups is 1. The van der Waals surface area contributed by atoms with Gasteiger partial charge >= 0.3 is 5.97 Å². The van der Waals surface area contributed by atoms with Crippen molar-refractivity contribution in [2.75, 3.05) is 19.6 Å². The number of hydrogen-bond donors (Lipinski definition) is 1. The van der Waals surface area contributed by atoms with E-state index in [9.17, 15) is 4.79 Å². The molecule has 0 aromatic carbocycles. The number of fused-ring (bicyclic) bond motifs is 1. The molecule has 3 rings (SSSR count). The zero-order chi connectivity index (χ0) is 14.8. The molecule has 0 amide bonds. The Morgan fingerprint density at radius 1 is 1.52 bits per heavy atom. The summed E-state index contributed by atoms with van der Waals surface area (Å²) in [5.41, 5.74) is 1.04. The van der Waals surface area contributed by atoms with Gasteiger partial charge in [-0.2, -0.15) is 0 Å². The van der Waals surface area contributed by atoms with Crippen molar-refractivity contribution in [2.45, 2.75) is 38.4 Å². The molecule has 4 nitrogen and oxygen atoms in total. The van der Waals surface area contributed by atoms with E-state index < -0.39 is 5.97 Å². The number of nitrogens with zero attached hydrogens (tertiary/aromatic N) is 2. The van der Waals surface area contributed by atoms with Crippen LogP contribution in [0.2, 0.25) is 0 Å². The first-order valence-electron chi connectivity index (χ1n) is 7.59. The first-order chi connectivity index (χ1) is 10.1. The van der Waals surface area contributed by atoms with Crippen molar-refractivity contribution in [3.05, 3.63) is 28.0 Å². The van der Waals surface area contributed by atoms with Crippen LogP contribution in [0.25, 0.3) is 6.08 Å². The van der Waals surface area contributed by atoms with Gasteiger partial charge in [-0.15, -0.1) is 11.3 Å². The molecule has 2 aliphatic heterocycles. The van der Waals surface area contributed by atoms with Crippen molar-refractivity contribution in [1.29, 1.82) is 0 Å². The molecule has 2 fully saturated rings. The molecule has 21 heavy (non-hydrogen) atoms. The fourth-order valence-electron chi connectivity index (χ4n) is 3.44. The molecule has 5 heteroatoms. The number of aliphatic carboxylic acids is 1. The summed E-state index contributed by atoms with van der Waals surface area (Å²) in [7, 11) is 0. The van der Waals surface area contributed by atoms with Crippen LogP contribution in [0.1, 0.15) is 30.2 Å². The van der Waals surface area contributed by atoms with Crippen LogP contribution in [0.15, 0.2) is 17.5 Å². The Balaban J connectivity index is 1.69. The highest BCUT2D eigenvalue weighted by molar-refractivity contribution is 7.10. The average molecular weight is 306 g/mol. The van der Waals surface area contributed by atoms with E-state index in [2.05, 4.69) is 16.7 Å². The molecule has 0 radical (unpaired) electrons. The van der Waals surface area contributed by atoms with E-state index in [1.165, 1.54) is 30.3 Å². The standard InChI is InChI=1S/C16H22N2O2S/c1-12-9-17-7-2-3-14(17)10-18(12)11-15-13(6-8-21-15)4-5-16(19)20/h4-6,8,12,14H,2-3,7,9-11H2,1H3,(H,19,20)/b5-4+. The Bertz CT molecular complexity index is 540. The monoisotopic (exact) mass is 306 g/mol. The van der Waals surface area contributed by atoms with Crippen LogP contribution in [0, 0.1) is 0 Å². The molecule has 0 spiro atoms. The Hall–Kier alpha value is -1.17. The van der Waals surface area contributed by atoms with E-state index in [-0.39, 0.29) is 0 Å².